The second kappa shape index (κ2) is 8.25. The molecule has 1 aromatic carbocycles. The van der Waals surface area contributed by atoms with E-state index in [1.807, 2.05) is 45.0 Å². The van der Waals surface area contributed by atoms with Crippen LogP contribution >= 0.6 is 0 Å². The second-order valence-electron chi connectivity index (χ2n) is 9.29. The standard InChI is InChI=1S/C24H32N4O2/c1-15-20(16(2)28-27-15)17-9-11-19(12-10-17)25-22(29)21(18-7-5-4-6-8-18)26-23(30)24(3)13-14-24/h9-12,18,21H,4-8,13-14H2,1-3H3,(H,25,29)(H,26,30)(H,27,28)/t21-/m0/s1. The summed E-state index contributed by atoms with van der Waals surface area (Å²) in [6.45, 7) is 5.96. The summed E-state index contributed by atoms with van der Waals surface area (Å²) >= 11 is 0. The van der Waals surface area contributed by atoms with E-state index >= 15 is 0 Å². The van der Waals surface area contributed by atoms with E-state index in [2.05, 4.69) is 20.8 Å². The van der Waals surface area contributed by atoms with Gasteiger partial charge in [0.1, 0.15) is 6.04 Å². The highest BCUT2D eigenvalue weighted by molar-refractivity contribution is 5.98. The molecule has 4 rings (SSSR count). The van der Waals surface area contributed by atoms with Gasteiger partial charge >= 0.3 is 0 Å². The van der Waals surface area contributed by atoms with E-state index in [0.717, 1.165) is 66.7 Å². The lowest BCUT2D eigenvalue weighted by molar-refractivity contribution is -0.131. The van der Waals surface area contributed by atoms with Crippen molar-refractivity contribution >= 4 is 17.5 Å². The molecule has 6 heteroatoms. The zero-order valence-corrected chi connectivity index (χ0v) is 18.2. The highest BCUT2D eigenvalue weighted by Gasteiger charge is 2.46. The lowest BCUT2D eigenvalue weighted by Crippen LogP contribution is -2.50. The van der Waals surface area contributed by atoms with Gasteiger partial charge in [-0.1, -0.05) is 38.3 Å². The van der Waals surface area contributed by atoms with E-state index in [-0.39, 0.29) is 23.1 Å². The molecule has 2 saturated carbocycles. The Kier molecular flexibility index (Phi) is 5.67. The molecule has 1 atom stereocenters. The van der Waals surface area contributed by atoms with Crippen LogP contribution in [0.15, 0.2) is 24.3 Å². The number of nitrogens with zero attached hydrogens (tertiary/aromatic N) is 1. The maximum Gasteiger partial charge on any atom is 0.247 e. The summed E-state index contributed by atoms with van der Waals surface area (Å²) in [5.41, 5.74) is 4.61. The van der Waals surface area contributed by atoms with Crippen molar-refractivity contribution in [2.75, 3.05) is 5.32 Å². The first-order valence-corrected chi connectivity index (χ1v) is 11.1. The van der Waals surface area contributed by atoms with Gasteiger partial charge < -0.3 is 10.6 Å². The van der Waals surface area contributed by atoms with E-state index in [1.54, 1.807) is 0 Å². The number of nitrogens with one attached hydrogen (secondary N) is 3. The van der Waals surface area contributed by atoms with Crippen LogP contribution in [-0.4, -0.2) is 28.1 Å². The van der Waals surface area contributed by atoms with Crippen LogP contribution in [0.3, 0.4) is 0 Å². The highest BCUT2D eigenvalue weighted by Crippen LogP contribution is 2.45. The quantitative estimate of drug-likeness (QED) is 0.658. The first-order chi connectivity index (χ1) is 14.4. The van der Waals surface area contributed by atoms with Crippen molar-refractivity contribution in [1.82, 2.24) is 15.5 Å². The summed E-state index contributed by atoms with van der Waals surface area (Å²) in [4.78, 5) is 25.9. The number of aromatic amines is 1. The molecule has 160 valence electrons. The number of hydrogen-bond acceptors (Lipinski definition) is 3. The van der Waals surface area contributed by atoms with Crippen LogP contribution in [0.1, 0.15) is 63.3 Å². The number of carbonyl (C=O) groups is 2. The van der Waals surface area contributed by atoms with Gasteiger partial charge in [0.25, 0.3) is 0 Å². The molecule has 1 aromatic heterocycles. The molecule has 6 nitrogen and oxygen atoms in total. The van der Waals surface area contributed by atoms with Gasteiger partial charge in [-0.2, -0.15) is 5.10 Å². The van der Waals surface area contributed by atoms with Gasteiger partial charge in [-0.05, 0) is 63.1 Å². The normalized spacial score (nSPS) is 19.2. The first kappa shape index (κ1) is 20.6. The number of aryl methyl sites for hydroxylation is 2. The average Bonchev–Trinajstić information content (AvgIpc) is 3.42. The van der Waals surface area contributed by atoms with Gasteiger partial charge in [0.15, 0.2) is 0 Å². The minimum atomic E-state index is -0.465. The summed E-state index contributed by atoms with van der Waals surface area (Å²) in [7, 11) is 0. The Bertz CT molecular complexity index is 902. The lowest BCUT2D eigenvalue weighted by atomic mass is 9.83. The molecule has 0 bridgehead atoms. The predicted molar refractivity (Wildman–Crippen MR) is 118 cm³/mol. The van der Waals surface area contributed by atoms with Crippen molar-refractivity contribution in [3.63, 3.8) is 0 Å². The monoisotopic (exact) mass is 408 g/mol. The van der Waals surface area contributed by atoms with Crippen LogP contribution in [0.2, 0.25) is 0 Å². The van der Waals surface area contributed by atoms with Crippen LogP contribution in [0.5, 0.6) is 0 Å². The molecule has 0 radical (unpaired) electrons. The lowest BCUT2D eigenvalue weighted by Gasteiger charge is -2.31. The molecule has 2 fully saturated rings. The fourth-order valence-corrected chi connectivity index (χ4v) is 4.51. The van der Waals surface area contributed by atoms with Crippen LogP contribution in [-0.2, 0) is 9.59 Å². The third-order valence-electron chi connectivity index (χ3n) is 6.81. The Hall–Kier alpha value is -2.63. The topological polar surface area (TPSA) is 86.9 Å². The van der Waals surface area contributed by atoms with E-state index in [1.165, 1.54) is 6.42 Å². The molecule has 30 heavy (non-hydrogen) atoms. The molecule has 1 heterocycles. The van der Waals surface area contributed by atoms with Gasteiger partial charge in [0, 0.05) is 22.4 Å². The Morgan fingerprint density at radius 1 is 1.10 bits per heavy atom. The van der Waals surface area contributed by atoms with Crippen LogP contribution < -0.4 is 10.6 Å². The number of aromatic nitrogens is 2. The van der Waals surface area contributed by atoms with Crippen LogP contribution in [0, 0.1) is 25.2 Å². The summed E-state index contributed by atoms with van der Waals surface area (Å²) in [6.07, 6.45) is 7.27. The van der Waals surface area contributed by atoms with Crippen molar-refractivity contribution < 1.29 is 9.59 Å². The van der Waals surface area contributed by atoms with Crippen molar-refractivity contribution in [3.05, 3.63) is 35.7 Å². The maximum atomic E-state index is 13.2. The Balaban J connectivity index is 1.48. The third kappa shape index (κ3) is 4.27. The first-order valence-electron chi connectivity index (χ1n) is 11.1. The third-order valence-corrected chi connectivity index (χ3v) is 6.81. The van der Waals surface area contributed by atoms with Gasteiger partial charge in [-0.3, -0.25) is 14.7 Å². The summed E-state index contributed by atoms with van der Waals surface area (Å²) < 4.78 is 0. The van der Waals surface area contributed by atoms with Gasteiger partial charge in [-0.15, -0.1) is 0 Å². The second-order valence-corrected chi connectivity index (χ2v) is 9.29. The Morgan fingerprint density at radius 2 is 1.77 bits per heavy atom. The fraction of sp³-hybridized carbons (Fsp3) is 0.542. The van der Waals surface area contributed by atoms with Crippen LogP contribution in [0.4, 0.5) is 5.69 Å². The fourth-order valence-electron chi connectivity index (χ4n) is 4.51. The molecular weight excluding hydrogens is 376 g/mol. The summed E-state index contributed by atoms with van der Waals surface area (Å²) in [5, 5.41) is 13.4. The van der Waals surface area contributed by atoms with E-state index < -0.39 is 6.04 Å². The van der Waals surface area contributed by atoms with Crippen molar-refractivity contribution in [3.8, 4) is 11.1 Å². The van der Waals surface area contributed by atoms with E-state index in [4.69, 9.17) is 0 Å². The van der Waals surface area contributed by atoms with Crippen molar-refractivity contribution in [1.29, 1.82) is 0 Å². The molecule has 0 unspecified atom stereocenters. The number of amides is 2. The van der Waals surface area contributed by atoms with Gasteiger partial charge in [-0.25, -0.2) is 0 Å². The zero-order chi connectivity index (χ0) is 21.3. The molecule has 2 amide bonds. The molecule has 2 aliphatic rings. The number of anilines is 1. The predicted octanol–water partition coefficient (Wildman–Crippen LogP) is 4.50. The summed E-state index contributed by atoms with van der Waals surface area (Å²) in [6, 6.07) is 7.37. The highest BCUT2D eigenvalue weighted by atomic mass is 16.2. The molecular formula is C24H32N4O2. The number of rotatable bonds is 6. The zero-order valence-electron chi connectivity index (χ0n) is 18.2. The molecule has 0 saturated heterocycles. The number of hydrogen-bond donors (Lipinski definition) is 3. The molecule has 0 aliphatic heterocycles. The summed E-state index contributed by atoms with van der Waals surface area (Å²) in [5.74, 6) is 0.123. The maximum absolute atomic E-state index is 13.2. The smallest absolute Gasteiger partial charge is 0.247 e. The van der Waals surface area contributed by atoms with Crippen molar-refractivity contribution in [2.45, 2.75) is 71.8 Å². The van der Waals surface area contributed by atoms with Crippen molar-refractivity contribution in [2.24, 2.45) is 11.3 Å². The molecule has 2 aliphatic carbocycles. The van der Waals surface area contributed by atoms with E-state index in [0.29, 0.717) is 0 Å². The average molecular weight is 409 g/mol. The van der Waals surface area contributed by atoms with E-state index in [9.17, 15) is 9.59 Å². The number of benzene rings is 1. The van der Waals surface area contributed by atoms with Gasteiger partial charge in [0.2, 0.25) is 11.8 Å². The van der Waals surface area contributed by atoms with Crippen LogP contribution in [0.25, 0.3) is 11.1 Å². The largest absolute Gasteiger partial charge is 0.344 e. The minimum absolute atomic E-state index is 0.0227. The SMILES string of the molecule is Cc1n[nH]c(C)c1-c1ccc(NC(=O)[C@@H](NC(=O)C2(C)CC2)C2CCCCC2)cc1. The molecule has 3 N–H and O–H groups in total. The number of carbonyl (C=O) groups excluding carboxylic acids is 2. The Labute approximate surface area is 178 Å². The number of H-pyrrole nitrogens is 1. The van der Waals surface area contributed by atoms with Gasteiger partial charge in [0.05, 0.1) is 5.69 Å². The Morgan fingerprint density at radius 3 is 2.33 bits per heavy atom. The molecule has 2 aromatic rings. The minimum Gasteiger partial charge on any atom is -0.344 e. The molecule has 0 spiro atoms.